The average molecular weight is 465 g/mol. The van der Waals surface area contributed by atoms with E-state index in [2.05, 4.69) is 40.6 Å². The van der Waals surface area contributed by atoms with Crippen molar-refractivity contribution in [3.63, 3.8) is 0 Å². The maximum Gasteiger partial charge on any atom is 0.248 e. The molecule has 30 heavy (non-hydrogen) atoms. The highest BCUT2D eigenvalue weighted by molar-refractivity contribution is 7.13. The summed E-state index contributed by atoms with van der Waals surface area (Å²) in [5.74, 6) is 0.537. The van der Waals surface area contributed by atoms with E-state index in [1.54, 1.807) is 23.5 Å². The molecule has 5 nitrogen and oxygen atoms in total. The first-order valence-corrected chi connectivity index (χ1v) is 10.3. The SMILES string of the molecule is Cl.Cl.NC[C@@H]1CN(Cc2csc(-c3ccc(C(N)=O)cc3)n2)C[C@H]1c1ccccc1. The number of rotatable bonds is 6. The number of nitrogens with two attached hydrogens (primary N) is 2. The zero-order valence-electron chi connectivity index (χ0n) is 16.4. The molecule has 3 aromatic rings. The molecule has 1 saturated heterocycles. The Morgan fingerprint density at radius 1 is 1.07 bits per heavy atom. The highest BCUT2D eigenvalue weighted by atomic mass is 35.5. The fourth-order valence-corrected chi connectivity index (χ4v) is 4.74. The first kappa shape index (κ1) is 24.3. The van der Waals surface area contributed by atoms with Crippen LogP contribution in [-0.2, 0) is 6.54 Å². The average Bonchev–Trinajstić information content (AvgIpc) is 3.36. The van der Waals surface area contributed by atoms with Gasteiger partial charge in [-0.1, -0.05) is 42.5 Å². The van der Waals surface area contributed by atoms with Gasteiger partial charge in [-0.05, 0) is 30.2 Å². The second kappa shape index (κ2) is 10.9. The molecule has 2 aromatic carbocycles. The summed E-state index contributed by atoms with van der Waals surface area (Å²) in [6, 6.07) is 17.9. The van der Waals surface area contributed by atoms with Crippen molar-refractivity contribution in [3.8, 4) is 10.6 Å². The third-order valence-electron chi connectivity index (χ3n) is 5.40. The molecule has 4 rings (SSSR count). The smallest absolute Gasteiger partial charge is 0.248 e. The molecule has 1 fully saturated rings. The first-order valence-electron chi connectivity index (χ1n) is 9.46. The summed E-state index contributed by atoms with van der Waals surface area (Å²) in [6.07, 6.45) is 0. The van der Waals surface area contributed by atoms with E-state index < -0.39 is 5.91 Å². The lowest BCUT2D eigenvalue weighted by atomic mass is 9.89. The number of likely N-dealkylation sites (tertiary alicyclic amines) is 1. The maximum atomic E-state index is 11.2. The fraction of sp³-hybridized carbons (Fsp3) is 0.273. The van der Waals surface area contributed by atoms with E-state index in [4.69, 9.17) is 16.5 Å². The molecular formula is C22H26Cl2N4OS. The van der Waals surface area contributed by atoms with Gasteiger partial charge >= 0.3 is 0 Å². The Balaban J connectivity index is 0.00000160. The van der Waals surface area contributed by atoms with E-state index in [1.165, 1.54) is 5.56 Å². The van der Waals surface area contributed by atoms with Gasteiger partial charge in [0.2, 0.25) is 5.91 Å². The number of aromatic nitrogens is 1. The van der Waals surface area contributed by atoms with E-state index in [-0.39, 0.29) is 24.8 Å². The molecule has 0 aliphatic carbocycles. The van der Waals surface area contributed by atoms with Gasteiger partial charge in [-0.15, -0.1) is 36.2 Å². The van der Waals surface area contributed by atoms with Gasteiger partial charge < -0.3 is 11.5 Å². The van der Waals surface area contributed by atoms with Crippen molar-refractivity contribution in [1.82, 2.24) is 9.88 Å². The van der Waals surface area contributed by atoms with Crippen LogP contribution in [0.5, 0.6) is 0 Å². The Bertz CT molecular complexity index is 949. The molecule has 0 spiro atoms. The molecule has 1 amide bonds. The number of carbonyl (C=O) groups is 1. The second-order valence-corrected chi connectivity index (χ2v) is 8.15. The molecule has 160 valence electrons. The van der Waals surface area contributed by atoms with Crippen LogP contribution >= 0.6 is 36.2 Å². The van der Waals surface area contributed by atoms with Crippen molar-refractivity contribution in [1.29, 1.82) is 0 Å². The number of carbonyl (C=O) groups excluding carboxylic acids is 1. The molecule has 2 heterocycles. The van der Waals surface area contributed by atoms with Crippen molar-refractivity contribution >= 4 is 42.1 Å². The first-order chi connectivity index (χ1) is 13.6. The molecule has 4 N–H and O–H groups in total. The van der Waals surface area contributed by atoms with Crippen LogP contribution in [-0.4, -0.2) is 35.4 Å². The van der Waals surface area contributed by atoms with Crippen LogP contribution < -0.4 is 11.5 Å². The van der Waals surface area contributed by atoms with Gasteiger partial charge in [-0.2, -0.15) is 0 Å². The molecule has 8 heteroatoms. The van der Waals surface area contributed by atoms with Gasteiger partial charge in [0.1, 0.15) is 5.01 Å². The van der Waals surface area contributed by atoms with E-state index in [9.17, 15) is 4.79 Å². The molecule has 2 atom stereocenters. The van der Waals surface area contributed by atoms with Crippen molar-refractivity contribution in [2.45, 2.75) is 12.5 Å². The third-order valence-corrected chi connectivity index (χ3v) is 6.34. The molecule has 0 unspecified atom stereocenters. The lowest BCUT2D eigenvalue weighted by molar-refractivity contribution is 0.100. The largest absolute Gasteiger partial charge is 0.366 e. The Morgan fingerprint density at radius 2 is 1.77 bits per heavy atom. The summed E-state index contributed by atoms with van der Waals surface area (Å²) in [6.45, 7) is 3.53. The Morgan fingerprint density at radius 3 is 2.40 bits per heavy atom. The zero-order chi connectivity index (χ0) is 19.5. The summed E-state index contributed by atoms with van der Waals surface area (Å²) >= 11 is 1.63. The minimum Gasteiger partial charge on any atom is -0.366 e. The number of nitrogens with zero attached hydrogens (tertiary/aromatic N) is 2. The topological polar surface area (TPSA) is 85.2 Å². The van der Waals surface area contributed by atoms with Gasteiger partial charge in [0, 0.05) is 42.1 Å². The molecule has 1 aliphatic rings. The molecule has 0 bridgehead atoms. The van der Waals surface area contributed by atoms with E-state index in [0.717, 1.165) is 35.9 Å². The molecule has 1 aliphatic heterocycles. The summed E-state index contributed by atoms with van der Waals surface area (Å²) in [5.41, 5.74) is 15.3. The highest BCUT2D eigenvalue weighted by Gasteiger charge is 2.32. The van der Waals surface area contributed by atoms with Gasteiger partial charge in [0.15, 0.2) is 0 Å². The number of amides is 1. The quantitative estimate of drug-likeness (QED) is 0.578. The summed E-state index contributed by atoms with van der Waals surface area (Å²) < 4.78 is 0. The fourth-order valence-electron chi connectivity index (χ4n) is 3.92. The minimum absolute atomic E-state index is 0. The number of benzene rings is 2. The van der Waals surface area contributed by atoms with Crippen LogP contribution in [0.25, 0.3) is 10.6 Å². The van der Waals surface area contributed by atoms with Crippen LogP contribution in [0.4, 0.5) is 0 Å². The minimum atomic E-state index is -0.414. The van der Waals surface area contributed by atoms with Crippen molar-refractivity contribution < 1.29 is 4.79 Å². The maximum absolute atomic E-state index is 11.2. The second-order valence-electron chi connectivity index (χ2n) is 7.29. The van der Waals surface area contributed by atoms with Crippen LogP contribution in [0.3, 0.4) is 0 Å². The third kappa shape index (κ3) is 5.39. The Labute approximate surface area is 193 Å². The van der Waals surface area contributed by atoms with Crippen molar-refractivity contribution in [2.24, 2.45) is 17.4 Å². The van der Waals surface area contributed by atoms with Crippen molar-refractivity contribution in [2.75, 3.05) is 19.6 Å². The predicted octanol–water partition coefficient (Wildman–Crippen LogP) is 3.93. The molecular weight excluding hydrogens is 439 g/mol. The monoisotopic (exact) mass is 464 g/mol. The number of hydrogen-bond acceptors (Lipinski definition) is 5. The summed E-state index contributed by atoms with van der Waals surface area (Å²) in [4.78, 5) is 18.5. The Kier molecular flexibility index (Phi) is 8.82. The van der Waals surface area contributed by atoms with Crippen LogP contribution in [0, 0.1) is 5.92 Å². The normalized spacial score (nSPS) is 18.4. The van der Waals surface area contributed by atoms with E-state index in [0.29, 0.717) is 23.9 Å². The van der Waals surface area contributed by atoms with Crippen molar-refractivity contribution in [3.05, 3.63) is 76.8 Å². The zero-order valence-corrected chi connectivity index (χ0v) is 18.9. The molecule has 0 saturated carbocycles. The van der Waals surface area contributed by atoms with Crippen LogP contribution in [0.15, 0.2) is 60.0 Å². The van der Waals surface area contributed by atoms with E-state index in [1.807, 2.05) is 12.1 Å². The number of halogens is 2. The Hall–Kier alpha value is -1.96. The number of hydrogen-bond donors (Lipinski definition) is 2. The number of thiazole rings is 1. The predicted molar refractivity (Wildman–Crippen MR) is 128 cm³/mol. The van der Waals surface area contributed by atoms with Gasteiger partial charge in [0.25, 0.3) is 0 Å². The van der Waals surface area contributed by atoms with E-state index >= 15 is 0 Å². The standard InChI is InChI=1S/C22H24N4OS.2ClH/c23-10-18-11-26(13-20(18)15-4-2-1-3-5-15)12-19-14-28-22(25-19)17-8-6-16(7-9-17)21(24)27;;/h1-9,14,18,20H,10-13,23H2,(H2,24,27);2*1H/t18-,20+;;/m1../s1. The highest BCUT2D eigenvalue weighted by Crippen LogP contribution is 2.33. The summed E-state index contributed by atoms with van der Waals surface area (Å²) in [7, 11) is 0. The number of primary amides is 1. The summed E-state index contributed by atoms with van der Waals surface area (Å²) in [5, 5.41) is 3.07. The van der Waals surface area contributed by atoms with Gasteiger partial charge in [0.05, 0.1) is 5.69 Å². The molecule has 0 radical (unpaired) electrons. The molecule has 1 aromatic heterocycles. The van der Waals surface area contributed by atoms with Gasteiger partial charge in [-0.3, -0.25) is 9.69 Å². The lowest BCUT2D eigenvalue weighted by Gasteiger charge is -2.16. The van der Waals surface area contributed by atoms with Crippen LogP contribution in [0.2, 0.25) is 0 Å². The van der Waals surface area contributed by atoms with Gasteiger partial charge in [-0.25, -0.2) is 4.98 Å². The van der Waals surface area contributed by atoms with Crippen LogP contribution in [0.1, 0.15) is 27.5 Å². The lowest BCUT2D eigenvalue weighted by Crippen LogP contribution is -2.23.